The molecule has 1 aliphatic rings. The number of benzene rings is 1. The molecule has 6 heteroatoms. The van der Waals surface area contributed by atoms with Crippen molar-refractivity contribution < 1.29 is 4.74 Å². The molecule has 3 rings (SSSR count). The number of anilines is 1. The van der Waals surface area contributed by atoms with Gasteiger partial charge in [-0.1, -0.05) is 30.7 Å². The second kappa shape index (κ2) is 7.31. The first-order valence-corrected chi connectivity index (χ1v) is 8.73. The quantitative estimate of drug-likeness (QED) is 0.628. The lowest BCUT2D eigenvalue weighted by atomic mass is 10.2. The zero-order valence-electron chi connectivity index (χ0n) is 12.5. The third-order valence-corrected chi connectivity index (χ3v) is 4.55. The normalized spacial score (nSPS) is 15.1. The van der Waals surface area contributed by atoms with Gasteiger partial charge in [-0.15, -0.1) is 11.8 Å². The van der Waals surface area contributed by atoms with Crippen molar-refractivity contribution in [3.8, 4) is 11.4 Å². The lowest BCUT2D eigenvalue weighted by Gasteiger charge is -2.28. The lowest BCUT2D eigenvalue weighted by molar-refractivity contribution is 0.122. The molecule has 0 amide bonds. The highest BCUT2D eigenvalue weighted by Gasteiger charge is 2.16. The first kappa shape index (κ1) is 15.6. The summed E-state index contributed by atoms with van der Waals surface area (Å²) in [7, 11) is 0. The highest BCUT2D eigenvalue weighted by Crippen LogP contribution is 2.29. The van der Waals surface area contributed by atoms with Gasteiger partial charge >= 0.3 is 0 Å². The number of rotatable bonds is 4. The standard InChI is InChI=1S/C16H18ClN3OS/c1-2-22-15-11-14(20-7-9-21-10-8-20)18-16(19-15)12-5-3-4-6-13(12)17/h3-6,11H,2,7-10H2,1H3. The Morgan fingerprint density at radius 2 is 2.00 bits per heavy atom. The van der Waals surface area contributed by atoms with Crippen molar-refractivity contribution >= 4 is 29.2 Å². The van der Waals surface area contributed by atoms with Gasteiger partial charge in [0.25, 0.3) is 0 Å². The number of thioether (sulfide) groups is 1. The predicted octanol–water partition coefficient (Wildman–Crippen LogP) is 3.75. The van der Waals surface area contributed by atoms with Crippen LogP contribution in [0.5, 0.6) is 0 Å². The van der Waals surface area contributed by atoms with Gasteiger partial charge in [0, 0.05) is 24.7 Å². The van der Waals surface area contributed by atoms with E-state index in [1.165, 1.54) is 0 Å². The first-order valence-electron chi connectivity index (χ1n) is 7.37. The molecule has 1 fully saturated rings. The molecule has 0 bridgehead atoms. The molecule has 4 nitrogen and oxygen atoms in total. The Morgan fingerprint density at radius 1 is 1.23 bits per heavy atom. The highest BCUT2D eigenvalue weighted by molar-refractivity contribution is 7.99. The van der Waals surface area contributed by atoms with Crippen molar-refractivity contribution in [3.05, 3.63) is 35.4 Å². The average Bonchev–Trinajstić information content (AvgIpc) is 2.56. The van der Waals surface area contributed by atoms with E-state index in [0.717, 1.165) is 48.5 Å². The number of aromatic nitrogens is 2. The van der Waals surface area contributed by atoms with Crippen LogP contribution in [0.15, 0.2) is 35.4 Å². The number of ether oxygens (including phenoxy) is 1. The topological polar surface area (TPSA) is 38.2 Å². The van der Waals surface area contributed by atoms with Gasteiger partial charge in [-0.2, -0.15) is 0 Å². The van der Waals surface area contributed by atoms with Gasteiger partial charge in [0.15, 0.2) is 5.82 Å². The molecule has 1 aromatic heterocycles. The second-order valence-electron chi connectivity index (χ2n) is 4.90. The number of halogens is 1. The van der Waals surface area contributed by atoms with Crippen LogP contribution in [0.1, 0.15) is 6.92 Å². The second-order valence-corrected chi connectivity index (χ2v) is 6.59. The van der Waals surface area contributed by atoms with E-state index in [4.69, 9.17) is 21.3 Å². The summed E-state index contributed by atoms with van der Waals surface area (Å²) in [6.07, 6.45) is 0. The largest absolute Gasteiger partial charge is 0.378 e. The molecule has 0 atom stereocenters. The molecule has 0 spiro atoms. The molecular formula is C16H18ClN3OS. The summed E-state index contributed by atoms with van der Waals surface area (Å²) in [6.45, 7) is 5.31. The van der Waals surface area contributed by atoms with Crippen LogP contribution >= 0.6 is 23.4 Å². The van der Waals surface area contributed by atoms with Crippen LogP contribution in [0, 0.1) is 0 Å². The van der Waals surface area contributed by atoms with E-state index in [2.05, 4.69) is 22.9 Å². The summed E-state index contributed by atoms with van der Waals surface area (Å²) in [6, 6.07) is 9.76. The van der Waals surface area contributed by atoms with E-state index in [1.54, 1.807) is 11.8 Å². The summed E-state index contributed by atoms with van der Waals surface area (Å²) in [5, 5.41) is 1.66. The molecule has 1 aromatic carbocycles. The van der Waals surface area contributed by atoms with Crippen LogP contribution in [-0.4, -0.2) is 42.0 Å². The van der Waals surface area contributed by atoms with Crippen LogP contribution in [0.25, 0.3) is 11.4 Å². The van der Waals surface area contributed by atoms with Crippen molar-refractivity contribution in [3.63, 3.8) is 0 Å². The fraction of sp³-hybridized carbons (Fsp3) is 0.375. The Kier molecular flexibility index (Phi) is 5.18. The molecule has 0 radical (unpaired) electrons. The van der Waals surface area contributed by atoms with Gasteiger partial charge in [-0.25, -0.2) is 9.97 Å². The minimum atomic E-state index is 0.675. The fourth-order valence-electron chi connectivity index (χ4n) is 2.35. The number of hydrogen-bond donors (Lipinski definition) is 0. The van der Waals surface area contributed by atoms with Crippen molar-refractivity contribution in [2.75, 3.05) is 37.0 Å². The Balaban J connectivity index is 2.02. The molecule has 0 unspecified atom stereocenters. The van der Waals surface area contributed by atoms with Crippen LogP contribution in [0.4, 0.5) is 5.82 Å². The van der Waals surface area contributed by atoms with Gasteiger partial charge in [0.05, 0.1) is 18.2 Å². The minimum Gasteiger partial charge on any atom is -0.378 e. The van der Waals surface area contributed by atoms with Crippen LogP contribution in [0.3, 0.4) is 0 Å². The zero-order chi connectivity index (χ0) is 15.4. The molecule has 1 saturated heterocycles. The summed E-state index contributed by atoms with van der Waals surface area (Å²) in [5.74, 6) is 2.61. The molecule has 2 aromatic rings. The molecule has 116 valence electrons. The summed E-state index contributed by atoms with van der Waals surface area (Å²) >= 11 is 8.02. The lowest BCUT2D eigenvalue weighted by Crippen LogP contribution is -2.36. The maximum Gasteiger partial charge on any atom is 0.164 e. The van der Waals surface area contributed by atoms with Gasteiger partial charge in [0.1, 0.15) is 10.8 Å². The Labute approximate surface area is 139 Å². The van der Waals surface area contributed by atoms with E-state index < -0.39 is 0 Å². The SMILES string of the molecule is CCSc1cc(N2CCOCC2)nc(-c2ccccc2Cl)n1. The number of nitrogens with zero attached hydrogens (tertiary/aromatic N) is 3. The summed E-state index contributed by atoms with van der Waals surface area (Å²) < 4.78 is 5.42. The molecule has 22 heavy (non-hydrogen) atoms. The summed E-state index contributed by atoms with van der Waals surface area (Å²) in [4.78, 5) is 11.6. The van der Waals surface area contributed by atoms with Gasteiger partial charge < -0.3 is 9.64 Å². The molecule has 0 N–H and O–H groups in total. The van der Waals surface area contributed by atoms with Crippen molar-refractivity contribution in [2.45, 2.75) is 11.9 Å². The third-order valence-electron chi connectivity index (χ3n) is 3.43. The number of morpholine rings is 1. The van der Waals surface area contributed by atoms with E-state index >= 15 is 0 Å². The van der Waals surface area contributed by atoms with Crippen LogP contribution in [0.2, 0.25) is 5.02 Å². The zero-order valence-corrected chi connectivity index (χ0v) is 14.0. The van der Waals surface area contributed by atoms with Gasteiger partial charge in [-0.05, 0) is 17.9 Å². The van der Waals surface area contributed by atoms with Crippen molar-refractivity contribution in [1.29, 1.82) is 0 Å². The van der Waals surface area contributed by atoms with E-state index in [-0.39, 0.29) is 0 Å². The average molecular weight is 336 g/mol. The van der Waals surface area contributed by atoms with E-state index in [9.17, 15) is 0 Å². The predicted molar refractivity (Wildman–Crippen MR) is 91.9 cm³/mol. The molecular weight excluding hydrogens is 318 g/mol. The Bertz CT molecular complexity index is 647. The monoisotopic (exact) mass is 335 g/mol. The van der Waals surface area contributed by atoms with Gasteiger partial charge in [-0.3, -0.25) is 0 Å². The fourth-order valence-corrected chi connectivity index (χ4v) is 3.21. The Morgan fingerprint density at radius 3 is 2.73 bits per heavy atom. The minimum absolute atomic E-state index is 0.675. The smallest absolute Gasteiger partial charge is 0.164 e. The first-order chi connectivity index (χ1) is 10.8. The Hall–Kier alpha value is -1.30. The molecule has 2 heterocycles. The summed E-state index contributed by atoms with van der Waals surface area (Å²) in [5.41, 5.74) is 0.872. The number of hydrogen-bond acceptors (Lipinski definition) is 5. The third kappa shape index (κ3) is 3.54. The van der Waals surface area contributed by atoms with Crippen molar-refractivity contribution in [2.24, 2.45) is 0 Å². The van der Waals surface area contributed by atoms with Crippen LogP contribution in [-0.2, 0) is 4.74 Å². The molecule has 0 aliphatic carbocycles. The highest BCUT2D eigenvalue weighted by atomic mass is 35.5. The maximum atomic E-state index is 6.31. The maximum absolute atomic E-state index is 6.31. The van der Waals surface area contributed by atoms with E-state index in [1.807, 2.05) is 24.3 Å². The molecule has 1 aliphatic heterocycles. The van der Waals surface area contributed by atoms with Crippen molar-refractivity contribution in [1.82, 2.24) is 9.97 Å². The van der Waals surface area contributed by atoms with Gasteiger partial charge in [0.2, 0.25) is 0 Å². The molecule has 0 saturated carbocycles. The van der Waals surface area contributed by atoms with E-state index in [0.29, 0.717) is 10.8 Å². The van der Waals surface area contributed by atoms with Crippen LogP contribution < -0.4 is 4.90 Å².